The molecule has 2 N–H and O–H groups in total. The zero-order valence-corrected chi connectivity index (χ0v) is 12.2. The van der Waals surface area contributed by atoms with Gasteiger partial charge in [-0.25, -0.2) is 0 Å². The van der Waals surface area contributed by atoms with Crippen LogP contribution in [-0.2, 0) is 5.54 Å². The van der Waals surface area contributed by atoms with E-state index in [2.05, 4.69) is 55.5 Å². The first-order valence-electron chi connectivity index (χ1n) is 7.18. The summed E-state index contributed by atoms with van der Waals surface area (Å²) in [5.74, 6) is 0. The second kappa shape index (κ2) is 5.55. The van der Waals surface area contributed by atoms with E-state index in [0.29, 0.717) is 0 Å². The lowest BCUT2D eigenvalue weighted by atomic mass is 9.78. The normalized spacial score (nSPS) is 11.3. The van der Waals surface area contributed by atoms with Gasteiger partial charge in [0.25, 0.3) is 0 Å². The first-order valence-corrected chi connectivity index (χ1v) is 7.18. The van der Waals surface area contributed by atoms with Crippen molar-refractivity contribution in [2.75, 3.05) is 0 Å². The largest absolute Gasteiger partial charge is 0.314 e. The van der Waals surface area contributed by atoms with E-state index >= 15 is 0 Å². The smallest absolute Gasteiger partial charge is 0.0922 e. The van der Waals surface area contributed by atoms with Crippen LogP contribution in [0.2, 0.25) is 0 Å². The number of hydrogen-bond acceptors (Lipinski definition) is 1. The van der Waals surface area contributed by atoms with E-state index in [1.807, 2.05) is 36.4 Å². The lowest BCUT2D eigenvalue weighted by Crippen LogP contribution is -2.39. The lowest BCUT2D eigenvalue weighted by molar-refractivity contribution is 0.652. The molecule has 104 valence electrons. The van der Waals surface area contributed by atoms with Crippen molar-refractivity contribution in [3.05, 3.63) is 107 Å². The Bertz CT molecular complexity index is 660. The SMILES string of the molecule is Cc1ccc(C(N)(c2ccccc2)c2ccccc2)cc1. The molecule has 0 fully saturated rings. The van der Waals surface area contributed by atoms with Crippen LogP contribution >= 0.6 is 0 Å². The first-order chi connectivity index (χ1) is 10.2. The molecule has 3 aromatic rings. The molecular weight excluding hydrogens is 254 g/mol. The van der Waals surface area contributed by atoms with Crippen molar-refractivity contribution < 1.29 is 0 Å². The van der Waals surface area contributed by atoms with Gasteiger partial charge < -0.3 is 5.73 Å². The van der Waals surface area contributed by atoms with E-state index in [-0.39, 0.29) is 0 Å². The van der Waals surface area contributed by atoms with Gasteiger partial charge in [0.2, 0.25) is 0 Å². The van der Waals surface area contributed by atoms with E-state index in [9.17, 15) is 0 Å². The molecule has 21 heavy (non-hydrogen) atoms. The fraction of sp³-hybridized carbons (Fsp3) is 0.100. The average Bonchev–Trinajstić information content (AvgIpc) is 2.56. The van der Waals surface area contributed by atoms with Crippen LogP contribution in [0, 0.1) is 6.92 Å². The molecule has 3 aromatic carbocycles. The third kappa shape index (κ3) is 2.48. The predicted octanol–water partition coefficient (Wildman–Crippen LogP) is 4.25. The topological polar surface area (TPSA) is 26.0 Å². The highest BCUT2D eigenvalue weighted by Gasteiger charge is 2.31. The van der Waals surface area contributed by atoms with Gasteiger partial charge in [-0.15, -0.1) is 0 Å². The molecule has 3 rings (SSSR count). The number of benzene rings is 3. The Hall–Kier alpha value is -2.38. The highest BCUT2D eigenvalue weighted by atomic mass is 14.7. The summed E-state index contributed by atoms with van der Waals surface area (Å²) in [6.07, 6.45) is 0. The summed E-state index contributed by atoms with van der Waals surface area (Å²) in [5, 5.41) is 0. The Morgan fingerprint density at radius 1 is 0.571 bits per heavy atom. The molecule has 1 nitrogen and oxygen atoms in total. The maximum atomic E-state index is 6.91. The molecule has 0 aliphatic rings. The van der Waals surface area contributed by atoms with E-state index in [1.54, 1.807) is 0 Å². The van der Waals surface area contributed by atoms with Crippen molar-refractivity contribution >= 4 is 0 Å². The van der Waals surface area contributed by atoms with Gasteiger partial charge in [-0.1, -0.05) is 90.5 Å². The Balaban J connectivity index is 2.23. The van der Waals surface area contributed by atoms with Crippen molar-refractivity contribution in [2.45, 2.75) is 12.5 Å². The van der Waals surface area contributed by atoms with Crippen molar-refractivity contribution in [2.24, 2.45) is 5.73 Å². The fourth-order valence-electron chi connectivity index (χ4n) is 2.72. The molecule has 0 radical (unpaired) electrons. The fourth-order valence-corrected chi connectivity index (χ4v) is 2.72. The number of nitrogens with two attached hydrogens (primary N) is 1. The minimum absolute atomic E-state index is 0.629. The highest BCUT2D eigenvalue weighted by Crippen LogP contribution is 2.34. The first kappa shape index (κ1) is 13.6. The third-order valence-corrected chi connectivity index (χ3v) is 3.97. The maximum Gasteiger partial charge on any atom is 0.0922 e. The van der Waals surface area contributed by atoms with Gasteiger partial charge >= 0.3 is 0 Å². The molecule has 0 saturated heterocycles. The summed E-state index contributed by atoms with van der Waals surface area (Å²) < 4.78 is 0. The quantitative estimate of drug-likeness (QED) is 0.709. The summed E-state index contributed by atoms with van der Waals surface area (Å²) in [6, 6.07) is 29.0. The van der Waals surface area contributed by atoms with Gasteiger partial charge in [0, 0.05) is 0 Å². The van der Waals surface area contributed by atoms with Crippen LogP contribution in [0.1, 0.15) is 22.3 Å². The standard InChI is InChI=1S/C20H19N/c1-16-12-14-19(15-13-16)20(21,17-8-4-2-5-9-17)18-10-6-3-7-11-18/h2-15H,21H2,1H3. The number of aryl methyl sites for hydroxylation is 1. The van der Waals surface area contributed by atoms with Crippen LogP contribution in [0.4, 0.5) is 0 Å². The van der Waals surface area contributed by atoms with Crippen LogP contribution in [0.5, 0.6) is 0 Å². The van der Waals surface area contributed by atoms with Crippen LogP contribution in [0.3, 0.4) is 0 Å². The maximum absolute atomic E-state index is 6.91. The molecule has 0 saturated carbocycles. The summed E-state index contributed by atoms with van der Waals surface area (Å²) >= 11 is 0. The molecule has 1 heteroatoms. The summed E-state index contributed by atoms with van der Waals surface area (Å²) in [4.78, 5) is 0. The number of rotatable bonds is 3. The summed E-state index contributed by atoms with van der Waals surface area (Å²) in [6.45, 7) is 2.09. The molecule has 0 aromatic heterocycles. The second-order valence-corrected chi connectivity index (χ2v) is 5.41. The predicted molar refractivity (Wildman–Crippen MR) is 88.1 cm³/mol. The monoisotopic (exact) mass is 273 g/mol. The lowest BCUT2D eigenvalue weighted by Gasteiger charge is -2.31. The average molecular weight is 273 g/mol. The Morgan fingerprint density at radius 2 is 0.952 bits per heavy atom. The van der Waals surface area contributed by atoms with Gasteiger partial charge in [-0.2, -0.15) is 0 Å². The van der Waals surface area contributed by atoms with Gasteiger partial charge in [-0.3, -0.25) is 0 Å². The van der Waals surface area contributed by atoms with Crippen molar-refractivity contribution in [3.63, 3.8) is 0 Å². The van der Waals surface area contributed by atoms with Crippen molar-refractivity contribution in [1.82, 2.24) is 0 Å². The zero-order valence-electron chi connectivity index (χ0n) is 12.2. The third-order valence-electron chi connectivity index (χ3n) is 3.97. The van der Waals surface area contributed by atoms with E-state index in [1.165, 1.54) is 5.56 Å². The van der Waals surface area contributed by atoms with Crippen LogP contribution in [0.25, 0.3) is 0 Å². The molecule has 0 amide bonds. The van der Waals surface area contributed by atoms with Crippen LogP contribution in [-0.4, -0.2) is 0 Å². The Morgan fingerprint density at radius 3 is 1.38 bits per heavy atom. The molecule has 0 bridgehead atoms. The second-order valence-electron chi connectivity index (χ2n) is 5.41. The highest BCUT2D eigenvalue weighted by molar-refractivity contribution is 5.49. The molecule has 0 aliphatic heterocycles. The van der Waals surface area contributed by atoms with Gasteiger partial charge in [-0.05, 0) is 23.6 Å². The number of hydrogen-bond donors (Lipinski definition) is 1. The molecule has 0 spiro atoms. The van der Waals surface area contributed by atoms with Crippen LogP contribution in [0.15, 0.2) is 84.9 Å². The van der Waals surface area contributed by atoms with E-state index < -0.39 is 5.54 Å². The van der Waals surface area contributed by atoms with Crippen molar-refractivity contribution in [1.29, 1.82) is 0 Å². The zero-order chi connectivity index (χ0) is 14.7. The Labute approximate surface area is 126 Å². The summed E-state index contributed by atoms with van der Waals surface area (Å²) in [5.41, 5.74) is 10.8. The molecular formula is C20H19N. The molecule has 0 aliphatic carbocycles. The minimum Gasteiger partial charge on any atom is -0.314 e. The van der Waals surface area contributed by atoms with Crippen molar-refractivity contribution in [3.8, 4) is 0 Å². The van der Waals surface area contributed by atoms with Crippen LogP contribution < -0.4 is 5.73 Å². The van der Waals surface area contributed by atoms with E-state index in [4.69, 9.17) is 5.73 Å². The molecule has 0 unspecified atom stereocenters. The summed E-state index contributed by atoms with van der Waals surface area (Å²) in [7, 11) is 0. The molecule has 0 atom stereocenters. The van der Waals surface area contributed by atoms with Gasteiger partial charge in [0.1, 0.15) is 0 Å². The van der Waals surface area contributed by atoms with Gasteiger partial charge in [0.05, 0.1) is 5.54 Å². The molecule has 0 heterocycles. The minimum atomic E-state index is -0.629. The van der Waals surface area contributed by atoms with Gasteiger partial charge in [0.15, 0.2) is 0 Å². The van der Waals surface area contributed by atoms with E-state index in [0.717, 1.165) is 16.7 Å². The Kier molecular flexibility index (Phi) is 3.59.